The number of rotatable bonds is 0. The van der Waals surface area contributed by atoms with Crippen molar-refractivity contribution in [3.8, 4) is 0 Å². The Labute approximate surface area is 46.8 Å². The van der Waals surface area contributed by atoms with Gasteiger partial charge in [-0.2, -0.15) is 0 Å². The first-order valence-electron chi connectivity index (χ1n) is 1.11. The Hall–Kier alpha value is 0.228. The van der Waals surface area contributed by atoms with Gasteiger partial charge < -0.3 is 11.9 Å². The molecule has 0 aliphatic rings. The van der Waals surface area contributed by atoms with Crippen LogP contribution < -0.4 is 0 Å². The van der Waals surface area contributed by atoms with Crippen LogP contribution in [-0.2, 0) is 21.1 Å². The molecule has 0 atom stereocenters. The molecule has 0 aromatic carbocycles. The van der Waals surface area contributed by atoms with Crippen molar-refractivity contribution in [3.63, 3.8) is 0 Å². The van der Waals surface area contributed by atoms with Crippen LogP contribution >= 0.6 is 0 Å². The van der Waals surface area contributed by atoms with Crippen molar-refractivity contribution in [2.75, 3.05) is 7.05 Å². The molecule has 30 valence electrons. The van der Waals surface area contributed by atoms with Crippen molar-refractivity contribution < 1.29 is 21.1 Å². The molecular formula is C3H6NW-. The predicted molar refractivity (Wildman–Crippen MR) is 19.8 cm³/mol. The summed E-state index contributed by atoms with van der Waals surface area (Å²) in [4.78, 5) is 3.50. The Morgan fingerprint density at radius 2 is 2.00 bits per heavy atom. The average molecular weight is 240 g/mol. The van der Waals surface area contributed by atoms with E-state index in [2.05, 4.69) is 11.9 Å². The molecule has 0 heterocycles. The van der Waals surface area contributed by atoms with Crippen LogP contribution in [-0.4, -0.2) is 13.3 Å². The van der Waals surface area contributed by atoms with Crippen LogP contribution in [0.2, 0.25) is 0 Å². The fraction of sp³-hybridized carbons (Fsp3) is 0.333. The minimum Gasteiger partial charge on any atom is -0.364 e. The molecule has 0 aliphatic carbocycles. The van der Waals surface area contributed by atoms with Crippen molar-refractivity contribution in [2.24, 2.45) is 4.99 Å². The normalized spacial score (nSPS) is 7.40. The first-order valence-corrected chi connectivity index (χ1v) is 1.11. The molecule has 0 N–H and O–H groups in total. The van der Waals surface area contributed by atoms with E-state index in [9.17, 15) is 0 Å². The second-order valence-corrected chi connectivity index (χ2v) is 0.441. The van der Waals surface area contributed by atoms with Crippen molar-refractivity contribution in [2.45, 2.75) is 0 Å². The summed E-state index contributed by atoms with van der Waals surface area (Å²) in [5.41, 5.74) is 0. The second kappa shape index (κ2) is 8.87. The smallest absolute Gasteiger partial charge is 0.0243 e. The van der Waals surface area contributed by atoms with Gasteiger partial charge >= 0.3 is 0 Å². The number of hydrogen-bond donors (Lipinski definition) is 0. The van der Waals surface area contributed by atoms with Gasteiger partial charge in [0.2, 0.25) is 0 Å². The van der Waals surface area contributed by atoms with E-state index in [0.29, 0.717) is 0 Å². The molecule has 0 aromatic rings. The summed E-state index contributed by atoms with van der Waals surface area (Å²) < 4.78 is 0. The molecular weight excluding hydrogens is 234 g/mol. The Bertz CT molecular complexity index is 22.1. The quantitative estimate of drug-likeness (QED) is 0.432. The summed E-state index contributed by atoms with van der Waals surface area (Å²) in [6.45, 7) is 3.31. The molecule has 0 rings (SSSR count). The first kappa shape index (κ1) is 8.97. The molecule has 1 nitrogen and oxygen atoms in total. The summed E-state index contributed by atoms with van der Waals surface area (Å²) in [7, 11) is 1.69. The third kappa shape index (κ3) is 13.9. The van der Waals surface area contributed by atoms with Gasteiger partial charge in [-0.15, -0.1) is 6.21 Å². The molecule has 0 unspecified atom stereocenters. The van der Waals surface area contributed by atoms with Crippen molar-refractivity contribution in [1.29, 1.82) is 0 Å². The van der Waals surface area contributed by atoms with Gasteiger partial charge in [0.25, 0.3) is 0 Å². The molecule has 0 fully saturated rings. The van der Waals surface area contributed by atoms with E-state index in [4.69, 9.17) is 0 Å². The Morgan fingerprint density at radius 3 is 2.00 bits per heavy atom. The molecule has 5 heavy (non-hydrogen) atoms. The molecule has 0 saturated heterocycles. The topological polar surface area (TPSA) is 12.4 Å². The van der Waals surface area contributed by atoms with Crippen molar-refractivity contribution in [3.05, 3.63) is 6.92 Å². The fourth-order valence-electron chi connectivity index (χ4n) is 0. The maximum atomic E-state index is 3.50. The van der Waals surface area contributed by atoms with Gasteiger partial charge in [0, 0.05) is 28.1 Å². The summed E-state index contributed by atoms with van der Waals surface area (Å²) >= 11 is 0. The van der Waals surface area contributed by atoms with Gasteiger partial charge in [0.1, 0.15) is 0 Å². The van der Waals surface area contributed by atoms with Crippen LogP contribution in [0.15, 0.2) is 4.99 Å². The molecule has 0 saturated carbocycles. The Morgan fingerprint density at radius 1 is 1.80 bits per heavy atom. The van der Waals surface area contributed by atoms with Gasteiger partial charge in [-0.05, 0) is 0 Å². The minimum atomic E-state index is 0. The van der Waals surface area contributed by atoms with E-state index in [0.717, 1.165) is 0 Å². The van der Waals surface area contributed by atoms with Gasteiger partial charge in [0.15, 0.2) is 0 Å². The summed E-state index contributed by atoms with van der Waals surface area (Å²) in [5, 5.41) is 0. The maximum absolute atomic E-state index is 3.50. The molecule has 0 spiro atoms. The number of aliphatic imine (C=N–C) groups is 1. The molecule has 0 aliphatic heterocycles. The van der Waals surface area contributed by atoms with E-state index < -0.39 is 0 Å². The number of nitrogens with zero attached hydrogens (tertiary/aromatic N) is 1. The van der Waals surface area contributed by atoms with E-state index in [1.807, 2.05) is 0 Å². The number of hydrogen-bond acceptors (Lipinski definition) is 1. The minimum absolute atomic E-state index is 0. The molecule has 0 aromatic heterocycles. The molecule has 0 amide bonds. The van der Waals surface area contributed by atoms with Crippen LogP contribution in [0.1, 0.15) is 0 Å². The van der Waals surface area contributed by atoms with Gasteiger partial charge in [-0.25, -0.2) is 0 Å². The van der Waals surface area contributed by atoms with Crippen LogP contribution in [0.25, 0.3) is 0 Å². The third-order valence-corrected chi connectivity index (χ3v) is 0.183. The standard InChI is InChI=1S/C3H6N.W/c1-3-4-2;/h3H,1H2,2H3;/q-1;. The Balaban J connectivity index is 0. The van der Waals surface area contributed by atoms with Crippen LogP contribution in [0.4, 0.5) is 0 Å². The monoisotopic (exact) mass is 240 g/mol. The van der Waals surface area contributed by atoms with Crippen molar-refractivity contribution >= 4 is 6.21 Å². The third-order valence-electron chi connectivity index (χ3n) is 0.183. The predicted octanol–water partition coefficient (Wildman–Crippen LogP) is 0.519. The average Bonchev–Trinajstić information content (AvgIpc) is 1.37. The second-order valence-electron chi connectivity index (χ2n) is 0.441. The SMILES string of the molecule is [CH2-]C=NC.[W]. The fourth-order valence-corrected chi connectivity index (χ4v) is 0. The van der Waals surface area contributed by atoms with Crippen LogP contribution in [0, 0.1) is 6.92 Å². The van der Waals surface area contributed by atoms with E-state index in [-0.39, 0.29) is 21.1 Å². The zero-order valence-electron chi connectivity index (χ0n) is 3.14. The zero-order valence-corrected chi connectivity index (χ0v) is 6.07. The van der Waals surface area contributed by atoms with Crippen LogP contribution in [0.5, 0.6) is 0 Å². The first-order chi connectivity index (χ1) is 1.91. The summed E-state index contributed by atoms with van der Waals surface area (Å²) in [6.07, 6.45) is 1.50. The van der Waals surface area contributed by atoms with E-state index >= 15 is 0 Å². The maximum Gasteiger partial charge on any atom is 0.0243 e. The largest absolute Gasteiger partial charge is 0.364 e. The van der Waals surface area contributed by atoms with Crippen molar-refractivity contribution in [1.82, 2.24) is 0 Å². The van der Waals surface area contributed by atoms with Crippen LogP contribution in [0.3, 0.4) is 0 Å². The Kier molecular flexibility index (Phi) is 15.9. The molecule has 0 bridgehead atoms. The summed E-state index contributed by atoms with van der Waals surface area (Å²) in [5.74, 6) is 0. The van der Waals surface area contributed by atoms with E-state index in [1.165, 1.54) is 6.21 Å². The van der Waals surface area contributed by atoms with Gasteiger partial charge in [-0.1, -0.05) is 0 Å². The van der Waals surface area contributed by atoms with Gasteiger partial charge in [0.05, 0.1) is 0 Å². The summed E-state index contributed by atoms with van der Waals surface area (Å²) in [6, 6.07) is 0. The zero-order chi connectivity index (χ0) is 3.41. The van der Waals surface area contributed by atoms with E-state index in [1.54, 1.807) is 7.05 Å². The molecule has 0 radical (unpaired) electrons. The van der Waals surface area contributed by atoms with Gasteiger partial charge in [-0.3, -0.25) is 0 Å². The molecule has 2 heteroatoms.